The number of nitriles is 1. The monoisotopic (exact) mass is 360 g/mol. The molecule has 2 aromatic rings. The van der Waals surface area contributed by atoms with Gasteiger partial charge in [0.15, 0.2) is 0 Å². The molecular formula is C16H13FN4O3S. The Morgan fingerprint density at radius 3 is 2.52 bits per heavy atom. The van der Waals surface area contributed by atoms with Crippen LogP contribution in [-0.2, 0) is 0 Å². The number of carbonyl (C=O) groups is 1. The fraction of sp³-hybridized carbons (Fsp3) is 0.250. The van der Waals surface area contributed by atoms with Gasteiger partial charge in [0.2, 0.25) is 0 Å². The summed E-state index contributed by atoms with van der Waals surface area (Å²) in [4.78, 5) is 26.4. The molecule has 25 heavy (non-hydrogen) atoms. The molecule has 1 aliphatic rings. The van der Waals surface area contributed by atoms with Gasteiger partial charge in [-0.05, 0) is 24.3 Å². The summed E-state index contributed by atoms with van der Waals surface area (Å²) in [5.74, 6) is -0.717. The van der Waals surface area contributed by atoms with Crippen molar-refractivity contribution in [1.82, 2.24) is 4.90 Å². The number of nitrogens with zero attached hydrogens (tertiary/aromatic N) is 4. The molecule has 9 heteroatoms. The Hall–Kier alpha value is -2.99. The van der Waals surface area contributed by atoms with Crippen LogP contribution in [0.15, 0.2) is 30.3 Å². The molecule has 7 nitrogen and oxygen atoms in total. The van der Waals surface area contributed by atoms with Crippen molar-refractivity contribution >= 4 is 27.9 Å². The molecule has 0 N–H and O–H groups in total. The number of benzene rings is 1. The first-order chi connectivity index (χ1) is 12.0. The molecule has 1 fully saturated rings. The van der Waals surface area contributed by atoms with E-state index in [2.05, 4.69) is 0 Å². The minimum absolute atomic E-state index is 0.0679. The molecule has 0 spiro atoms. The third kappa shape index (κ3) is 3.44. The van der Waals surface area contributed by atoms with Crippen LogP contribution >= 0.6 is 11.3 Å². The number of rotatable bonds is 3. The molecule has 0 atom stereocenters. The maximum absolute atomic E-state index is 14.1. The summed E-state index contributed by atoms with van der Waals surface area (Å²) in [5, 5.41) is 19.4. The first-order valence-electron chi connectivity index (χ1n) is 7.47. The highest BCUT2D eigenvalue weighted by atomic mass is 32.1. The molecule has 2 heterocycles. The van der Waals surface area contributed by atoms with E-state index in [1.807, 2.05) is 11.0 Å². The lowest BCUT2D eigenvalue weighted by molar-refractivity contribution is -0.380. The fourth-order valence-electron chi connectivity index (χ4n) is 2.68. The molecule has 1 amide bonds. The average Bonchev–Trinajstić information content (AvgIpc) is 3.11. The van der Waals surface area contributed by atoms with E-state index in [4.69, 9.17) is 5.26 Å². The Labute approximate surface area is 146 Å². The first-order valence-corrected chi connectivity index (χ1v) is 8.29. The van der Waals surface area contributed by atoms with Crippen LogP contribution < -0.4 is 4.90 Å². The lowest BCUT2D eigenvalue weighted by Gasteiger charge is -2.36. The third-order valence-corrected chi connectivity index (χ3v) is 4.99. The largest absolute Gasteiger partial charge is 0.366 e. The zero-order valence-corrected chi connectivity index (χ0v) is 13.8. The standard InChI is InChI=1S/C16H13FN4O3S/c17-12-9-11(10-18)1-2-13(12)19-5-7-20(8-6-19)16(22)14-3-4-15(25-14)21(23)24/h1-4,9H,5-8H2. The molecular weight excluding hydrogens is 347 g/mol. The van der Waals surface area contributed by atoms with Gasteiger partial charge in [0.1, 0.15) is 5.82 Å². The Morgan fingerprint density at radius 2 is 1.96 bits per heavy atom. The minimum atomic E-state index is -0.521. The summed E-state index contributed by atoms with van der Waals surface area (Å²) in [6.07, 6.45) is 0. The molecule has 3 rings (SSSR count). The van der Waals surface area contributed by atoms with Gasteiger partial charge in [0.25, 0.3) is 5.91 Å². The highest BCUT2D eigenvalue weighted by molar-refractivity contribution is 7.17. The average molecular weight is 360 g/mol. The molecule has 1 aromatic heterocycles. The summed E-state index contributed by atoms with van der Waals surface area (Å²) in [6.45, 7) is 1.68. The van der Waals surface area contributed by atoms with E-state index >= 15 is 0 Å². The number of piperazine rings is 1. The van der Waals surface area contributed by atoms with Gasteiger partial charge in [-0.15, -0.1) is 0 Å². The molecule has 0 unspecified atom stereocenters. The van der Waals surface area contributed by atoms with Crippen molar-refractivity contribution in [3.8, 4) is 6.07 Å². The maximum atomic E-state index is 14.1. The van der Waals surface area contributed by atoms with Crippen molar-refractivity contribution in [2.75, 3.05) is 31.1 Å². The molecule has 0 radical (unpaired) electrons. The fourth-order valence-corrected chi connectivity index (χ4v) is 3.47. The van der Waals surface area contributed by atoms with Crippen LogP contribution in [0.2, 0.25) is 0 Å². The van der Waals surface area contributed by atoms with E-state index in [-0.39, 0.29) is 16.5 Å². The number of thiophene rings is 1. The van der Waals surface area contributed by atoms with E-state index in [0.717, 1.165) is 11.3 Å². The van der Waals surface area contributed by atoms with Crippen LogP contribution in [0.4, 0.5) is 15.1 Å². The number of halogens is 1. The van der Waals surface area contributed by atoms with E-state index in [1.54, 1.807) is 17.0 Å². The van der Waals surface area contributed by atoms with Gasteiger partial charge in [-0.1, -0.05) is 11.3 Å². The van der Waals surface area contributed by atoms with Crippen molar-refractivity contribution in [3.63, 3.8) is 0 Å². The summed E-state index contributed by atoms with van der Waals surface area (Å²) in [7, 11) is 0. The molecule has 1 saturated heterocycles. The molecule has 0 saturated carbocycles. The van der Waals surface area contributed by atoms with Gasteiger partial charge in [0.05, 0.1) is 27.1 Å². The van der Waals surface area contributed by atoms with Gasteiger partial charge in [-0.25, -0.2) is 4.39 Å². The van der Waals surface area contributed by atoms with Crippen LogP contribution in [0.3, 0.4) is 0 Å². The quantitative estimate of drug-likeness (QED) is 0.620. The predicted molar refractivity (Wildman–Crippen MR) is 90.2 cm³/mol. The summed E-state index contributed by atoms with van der Waals surface area (Å²) in [5.41, 5.74) is 0.659. The minimum Gasteiger partial charge on any atom is -0.366 e. The molecule has 128 valence electrons. The van der Waals surface area contributed by atoms with Crippen LogP contribution in [0.1, 0.15) is 15.2 Å². The summed E-state index contributed by atoms with van der Waals surface area (Å²) >= 11 is 0.852. The van der Waals surface area contributed by atoms with E-state index in [0.29, 0.717) is 36.7 Å². The van der Waals surface area contributed by atoms with Crippen molar-refractivity contribution in [2.45, 2.75) is 0 Å². The molecule has 0 aliphatic carbocycles. The third-order valence-electron chi connectivity index (χ3n) is 3.97. The SMILES string of the molecule is N#Cc1ccc(N2CCN(C(=O)c3ccc([N+](=O)[O-])s3)CC2)c(F)c1. The number of anilines is 1. The summed E-state index contributed by atoms with van der Waals surface area (Å²) < 4.78 is 14.1. The van der Waals surface area contributed by atoms with Gasteiger partial charge < -0.3 is 9.80 Å². The Bertz CT molecular complexity index is 869. The van der Waals surface area contributed by atoms with Crippen molar-refractivity contribution < 1.29 is 14.1 Å². The highest BCUT2D eigenvalue weighted by Gasteiger charge is 2.25. The second kappa shape index (κ2) is 6.86. The zero-order chi connectivity index (χ0) is 18.0. The number of amides is 1. The number of hydrogen-bond acceptors (Lipinski definition) is 6. The Morgan fingerprint density at radius 1 is 1.24 bits per heavy atom. The maximum Gasteiger partial charge on any atom is 0.324 e. The second-order valence-electron chi connectivity index (χ2n) is 5.45. The van der Waals surface area contributed by atoms with E-state index < -0.39 is 10.7 Å². The van der Waals surface area contributed by atoms with E-state index in [1.165, 1.54) is 18.2 Å². The van der Waals surface area contributed by atoms with Crippen LogP contribution in [0, 0.1) is 27.3 Å². The number of carbonyl (C=O) groups excluding carboxylic acids is 1. The smallest absolute Gasteiger partial charge is 0.324 e. The second-order valence-corrected chi connectivity index (χ2v) is 6.51. The van der Waals surface area contributed by atoms with Crippen LogP contribution in [-0.4, -0.2) is 41.9 Å². The molecule has 1 aliphatic heterocycles. The van der Waals surface area contributed by atoms with Gasteiger partial charge in [0, 0.05) is 32.2 Å². The Kier molecular flexibility index (Phi) is 4.63. The van der Waals surface area contributed by atoms with Gasteiger partial charge >= 0.3 is 5.00 Å². The summed E-state index contributed by atoms with van der Waals surface area (Å²) in [6, 6.07) is 8.98. The lowest BCUT2D eigenvalue weighted by atomic mass is 10.2. The molecule has 1 aromatic carbocycles. The van der Waals surface area contributed by atoms with Crippen molar-refractivity contribution in [3.05, 3.63) is 56.7 Å². The van der Waals surface area contributed by atoms with Crippen LogP contribution in [0.5, 0.6) is 0 Å². The zero-order valence-electron chi connectivity index (χ0n) is 13.0. The predicted octanol–water partition coefficient (Wildman–Crippen LogP) is 2.63. The van der Waals surface area contributed by atoms with Crippen molar-refractivity contribution in [1.29, 1.82) is 5.26 Å². The van der Waals surface area contributed by atoms with Gasteiger partial charge in [-0.2, -0.15) is 5.26 Å². The highest BCUT2D eigenvalue weighted by Crippen LogP contribution is 2.26. The lowest BCUT2D eigenvalue weighted by Crippen LogP contribution is -2.48. The Balaban J connectivity index is 1.66. The topological polar surface area (TPSA) is 90.5 Å². The first kappa shape index (κ1) is 16.9. The number of nitro groups is 1. The normalized spacial score (nSPS) is 14.2. The van der Waals surface area contributed by atoms with Crippen molar-refractivity contribution in [2.24, 2.45) is 0 Å². The van der Waals surface area contributed by atoms with E-state index in [9.17, 15) is 19.3 Å². The number of hydrogen-bond donors (Lipinski definition) is 0. The van der Waals surface area contributed by atoms with Crippen LogP contribution in [0.25, 0.3) is 0 Å². The molecule has 0 bridgehead atoms. The van der Waals surface area contributed by atoms with Gasteiger partial charge in [-0.3, -0.25) is 14.9 Å².